The molecular weight excluding hydrogens is 426 g/mol. The van der Waals surface area contributed by atoms with Crippen LogP contribution in [0, 0.1) is 0 Å². The molecule has 0 aliphatic rings. The molecule has 0 aromatic rings. The van der Waals surface area contributed by atoms with Crippen LogP contribution in [0.1, 0.15) is 12.8 Å². The van der Waals surface area contributed by atoms with E-state index in [1.807, 2.05) is 0 Å². The maximum absolute atomic E-state index is 9.50. The van der Waals surface area contributed by atoms with Gasteiger partial charge in [0, 0.05) is 18.4 Å². The van der Waals surface area contributed by atoms with Crippen molar-refractivity contribution in [1.29, 1.82) is 0 Å². The summed E-state index contributed by atoms with van der Waals surface area (Å²) < 4.78 is 2.53. The minimum absolute atomic E-state index is 0.281. The fourth-order valence-corrected chi connectivity index (χ4v) is 1.10. The lowest BCUT2D eigenvalue weighted by atomic mass is 10.3. The maximum Gasteiger partial charge on any atom is 0.101 e. The summed E-state index contributed by atoms with van der Waals surface area (Å²) in [6, 6.07) is 0. The Kier molecular flexibility index (Phi) is 30.2. The molecular formula is C20H47N3O9. The van der Waals surface area contributed by atoms with Gasteiger partial charge in [-0.2, -0.15) is 0 Å². The third-order valence-corrected chi connectivity index (χ3v) is 2.85. The Bertz CT molecular complexity index is 389. The van der Waals surface area contributed by atoms with Gasteiger partial charge in [-0.3, -0.25) is 0 Å². The van der Waals surface area contributed by atoms with E-state index in [1.54, 1.807) is 0 Å². The van der Waals surface area contributed by atoms with Crippen LogP contribution < -0.4 is 15.3 Å². The Hall–Kier alpha value is -1.83. The number of nitrogens with zero attached hydrogens (tertiary/aromatic N) is 3. The molecule has 0 amide bonds. The van der Waals surface area contributed by atoms with E-state index < -0.39 is 31.3 Å². The molecule has 196 valence electrons. The normalized spacial score (nSPS) is 10.4. The molecule has 0 saturated heterocycles. The molecule has 0 aromatic heterocycles. The van der Waals surface area contributed by atoms with Gasteiger partial charge in [0.2, 0.25) is 0 Å². The summed E-state index contributed by atoms with van der Waals surface area (Å²) in [5, 5.41) is 52.4. The zero-order chi connectivity index (χ0) is 27.0. The molecule has 3 N–H and O–H groups in total. The highest BCUT2D eigenvalue weighted by molar-refractivity contribution is 5.72. The van der Waals surface area contributed by atoms with Crippen molar-refractivity contribution in [1.82, 2.24) is 0 Å². The van der Waals surface area contributed by atoms with E-state index in [0.29, 0.717) is 0 Å². The summed E-state index contributed by atoms with van der Waals surface area (Å²) in [4.78, 5) is 27.3. The van der Waals surface area contributed by atoms with Gasteiger partial charge in [0.1, 0.15) is 19.6 Å². The Morgan fingerprint density at radius 3 is 0.812 bits per heavy atom. The van der Waals surface area contributed by atoms with Gasteiger partial charge in [0.05, 0.1) is 83.2 Å². The Morgan fingerprint density at radius 1 is 0.625 bits per heavy atom. The van der Waals surface area contributed by atoms with Crippen LogP contribution in [-0.2, 0) is 14.4 Å². The minimum Gasteiger partial charge on any atom is -0.554 e. The number of carbonyl (C=O) groups is 3. The predicted octanol–water partition coefficient (Wildman–Crippen LogP) is -5.31. The van der Waals surface area contributed by atoms with Crippen LogP contribution in [-0.4, -0.2) is 150 Å². The average Bonchev–Trinajstić information content (AvgIpc) is 2.52. The van der Waals surface area contributed by atoms with Crippen LogP contribution >= 0.6 is 0 Å². The van der Waals surface area contributed by atoms with Gasteiger partial charge >= 0.3 is 0 Å². The lowest BCUT2D eigenvalue weighted by Crippen LogP contribution is -2.36. The van der Waals surface area contributed by atoms with Gasteiger partial charge in [0.25, 0.3) is 0 Å². The zero-order valence-electron chi connectivity index (χ0n) is 21.4. The van der Waals surface area contributed by atoms with E-state index in [-0.39, 0.29) is 19.8 Å². The molecule has 0 aliphatic carbocycles. The highest BCUT2D eigenvalue weighted by Gasteiger charge is 2.03. The summed E-state index contributed by atoms with van der Waals surface area (Å²) in [5.41, 5.74) is 0. The second kappa shape index (κ2) is 23.8. The number of carboxylic acid groups (broad SMARTS) is 3. The molecule has 0 atom stereocenters. The van der Waals surface area contributed by atoms with Gasteiger partial charge in [-0.15, -0.1) is 0 Å². The molecule has 0 bridgehead atoms. The quantitative estimate of drug-likeness (QED) is 0.218. The van der Waals surface area contributed by atoms with E-state index in [1.165, 1.54) is 0 Å². The topological polar surface area (TPSA) is 181 Å². The molecule has 0 spiro atoms. The molecule has 12 nitrogen and oxygen atoms in total. The SMILES string of the molecule is C[N+](C)(C)CCO.C[N+](C)(C)CCO.C[N+](C)(C)CCO.O=C([O-])CCC(=O)[O-].O=C[O-]. The van der Waals surface area contributed by atoms with Crippen molar-refractivity contribution >= 4 is 18.4 Å². The van der Waals surface area contributed by atoms with Crippen molar-refractivity contribution in [2.24, 2.45) is 0 Å². The lowest BCUT2D eigenvalue weighted by Gasteiger charge is -2.21. The first-order valence-electron chi connectivity index (χ1n) is 9.92. The second-order valence-electron chi connectivity index (χ2n) is 9.55. The number of hydrogen-bond acceptors (Lipinski definition) is 9. The third-order valence-electron chi connectivity index (χ3n) is 2.85. The standard InChI is InChI=1S/3C5H14NO.C4H6O4.CH2O2/c3*1-6(2,3)4-5-7;5-3(6)1-2-4(7)8;2-1-3/h3*7H,4-5H2,1-3H3;1-2H2,(H,5,6)(H,7,8);1H,(H,2,3)/q3*+1;;/p-3. The van der Waals surface area contributed by atoms with Crippen LogP contribution in [0.3, 0.4) is 0 Å². The summed E-state index contributed by atoms with van der Waals surface area (Å²) in [5.74, 6) is -2.73. The van der Waals surface area contributed by atoms with E-state index in [4.69, 9.17) is 25.2 Å². The van der Waals surface area contributed by atoms with Crippen LogP contribution in [0.4, 0.5) is 0 Å². The number of likely N-dealkylation sites (N-methyl/N-ethyl adjacent to an activating group) is 3. The van der Waals surface area contributed by atoms with E-state index >= 15 is 0 Å². The zero-order valence-corrected chi connectivity index (χ0v) is 21.4. The second-order valence-corrected chi connectivity index (χ2v) is 9.55. The summed E-state index contributed by atoms with van der Waals surface area (Å²) >= 11 is 0. The molecule has 12 heteroatoms. The van der Waals surface area contributed by atoms with Crippen LogP contribution in [0.2, 0.25) is 0 Å². The number of quaternary nitrogens is 3. The highest BCUT2D eigenvalue weighted by atomic mass is 16.4. The van der Waals surface area contributed by atoms with E-state index in [9.17, 15) is 19.8 Å². The van der Waals surface area contributed by atoms with Gasteiger partial charge < -0.3 is 58.5 Å². The predicted molar refractivity (Wildman–Crippen MR) is 115 cm³/mol. The molecule has 0 fully saturated rings. The minimum atomic E-state index is -1.37. The summed E-state index contributed by atoms with van der Waals surface area (Å²) in [6.45, 7) is 2.84. The number of hydrogen-bond donors (Lipinski definition) is 3. The molecule has 0 heterocycles. The average molecular weight is 474 g/mol. The van der Waals surface area contributed by atoms with Crippen molar-refractivity contribution in [3.63, 3.8) is 0 Å². The number of aliphatic carboxylic acids is 2. The molecule has 32 heavy (non-hydrogen) atoms. The van der Waals surface area contributed by atoms with Crippen molar-refractivity contribution in [3.05, 3.63) is 0 Å². The molecule has 0 aliphatic heterocycles. The van der Waals surface area contributed by atoms with Crippen LogP contribution in [0.15, 0.2) is 0 Å². The Labute approximate surface area is 193 Å². The van der Waals surface area contributed by atoms with Crippen molar-refractivity contribution in [3.8, 4) is 0 Å². The largest absolute Gasteiger partial charge is 0.554 e. The fourth-order valence-electron chi connectivity index (χ4n) is 1.10. The van der Waals surface area contributed by atoms with Crippen molar-refractivity contribution in [2.75, 3.05) is 103 Å². The summed E-state index contributed by atoms with van der Waals surface area (Å²) in [6.07, 6.45) is -0.940. The van der Waals surface area contributed by atoms with E-state index in [2.05, 4.69) is 63.4 Å². The fraction of sp³-hybridized carbons (Fsp3) is 0.850. The first-order valence-corrected chi connectivity index (χ1v) is 9.92. The highest BCUT2D eigenvalue weighted by Crippen LogP contribution is 1.86. The smallest absolute Gasteiger partial charge is 0.101 e. The number of carbonyl (C=O) groups excluding carboxylic acids is 3. The third kappa shape index (κ3) is 90.4. The van der Waals surface area contributed by atoms with Gasteiger partial charge in [-0.05, 0) is 12.8 Å². The summed E-state index contributed by atoms with van der Waals surface area (Å²) in [7, 11) is 18.5. The van der Waals surface area contributed by atoms with Crippen molar-refractivity contribution < 1.29 is 58.5 Å². The van der Waals surface area contributed by atoms with Gasteiger partial charge in [-0.1, -0.05) is 0 Å². The first kappa shape index (κ1) is 40.5. The Morgan fingerprint density at radius 2 is 0.781 bits per heavy atom. The van der Waals surface area contributed by atoms with E-state index in [0.717, 1.165) is 33.1 Å². The molecule has 0 unspecified atom stereocenters. The Balaban J connectivity index is -0.0000000973. The monoisotopic (exact) mass is 473 g/mol. The number of aliphatic hydroxyl groups is 3. The van der Waals surface area contributed by atoms with Gasteiger partial charge in [0.15, 0.2) is 0 Å². The number of aliphatic hydroxyl groups excluding tert-OH is 3. The molecule has 0 aromatic carbocycles. The van der Waals surface area contributed by atoms with Crippen LogP contribution in [0.25, 0.3) is 0 Å². The lowest BCUT2D eigenvalue weighted by molar-refractivity contribution is -0.870. The maximum atomic E-state index is 9.50. The number of rotatable bonds is 9. The van der Waals surface area contributed by atoms with Gasteiger partial charge in [-0.25, -0.2) is 0 Å². The van der Waals surface area contributed by atoms with Crippen LogP contribution in [0.5, 0.6) is 0 Å². The molecule has 0 radical (unpaired) electrons. The van der Waals surface area contributed by atoms with Crippen molar-refractivity contribution in [2.45, 2.75) is 12.8 Å². The number of carboxylic acids is 2. The molecule has 0 saturated carbocycles. The molecule has 0 rings (SSSR count). The first-order chi connectivity index (χ1) is 14.2.